The number of amides is 2. The van der Waals surface area contributed by atoms with Gasteiger partial charge in [-0.05, 0) is 43.4 Å². The highest BCUT2D eigenvalue weighted by Gasteiger charge is 2.29. The minimum Gasteiger partial charge on any atom is -0.490 e. The molecule has 1 aliphatic heterocycles. The summed E-state index contributed by atoms with van der Waals surface area (Å²) in [7, 11) is 0. The molecule has 2 aliphatic rings. The lowest BCUT2D eigenvalue weighted by molar-refractivity contribution is -0.122. The van der Waals surface area contributed by atoms with E-state index in [-0.39, 0.29) is 22.9 Å². The van der Waals surface area contributed by atoms with Crippen molar-refractivity contribution in [2.24, 2.45) is 5.92 Å². The lowest BCUT2D eigenvalue weighted by Gasteiger charge is -2.18. The number of hydrogen-bond acceptors (Lipinski definition) is 4. The maximum absolute atomic E-state index is 14.1. The van der Waals surface area contributed by atoms with E-state index in [1.807, 2.05) is 0 Å². The van der Waals surface area contributed by atoms with Gasteiger partial charge in [0.1, 0.15) is 6.04 Å². The summed E-state index contributed by atoms with van der Waals surface area (Å²) in [5.41, 5.74) is 0.659. The molecule has 2 atom stereocenters. The number of thioether (sulfide) groups is 1. The summed E-state index contributed by atoms with van der Waals surface area (Å²) < 4.78 is 19.5. The van der Waals surface area contributed by atoms with E-state index in [4.69, 9.17) is 4.74 Å². The number of carbonyl (C=O) groups excluding carboxylic acids is 2. The topological polar surface area (TPSA) is 67.4 Å². The molecule has 0 radical (unpaired) electrons. The predicted molar refractivity (Wildman–Crippen MR) is 86.0 cm³/mol. The van der Waals surface area contributed by atoms with Crippen molar-refractivity contribution in [2.45, 2.75) is 31.8 Å². The fraction of sp³-hybridized carbons (Fsp3) is 0.500. The summed E-state index contributed by atoms with van der Waals surface area (Å²) in [5, 5.41) is 5.18. The lowest BCUT2D eigenvalue weighted by Crippen LogP contribution is -2.43. The Bertz CT molecular complexity index is 621. The van der Waals surface area contributed by atoms with Gasteiger partial charge in [-0.15, -0.1) is 0 Å². The zero-order valence-electron chi connectivity index (χ0n) is 12.8. The van der Waals surface area contributed by atoms with E-state index in [0.717, 1.165) is 24.6 Å². The molecule has 1 saturated carbocycles. The first-order chi connectivity index (χ1) is 11.0. The highest BCUT2D eigenvalue weighted by atomic mass is 32.2. The summed E-state index contributed by atoms with van der Waals surface area (Å²) in [4.78, 5) is 23.2. The van der Waals surface area contributed by atoms with Crippen LogP contribution in [0.15, 0.2) is 18.2 Å². The van der Waals surface area contributed by atoms with Crippen molar-refractivity contribution in [2.75, 3.05) is 12.4 Å². The summed E-state index contributed by atoms with van der Waals surface area (Å²) in [6.45, 7) is 2.34. The maximum Gasteiger partial charge on any atom is 0.279 e. The van der Waals surface area contributed by atoms with Crippen LogP contribution in [0.1, 0.15) is 31.4 Å². The normalized spacial score (nSPS) is 21.7. The fourth-order valence-electron chi connectivity index (χ4n) is 2.32. The van der Waals surface area contributed by atoms with Crippen LogP contribution in [0.5, 0.6) is 5.75 Å². The molecule has 2 amide bonds. The average molecular weight is 338 g/mol. The van der Waals surface area contributed by atoms with Crippen LogP contribution in [-0.2, 0) is 4.79 Å². The van der Waals surface area contributed by atoms with E-state index in [1.54, 1.807) is 19.1 Å². The van der Waals surface area contributed by atoms with Crippen LogP contribution in [0.2, 0.25) is 0 Å². The molecule has 1 aliphatic carbocycles. The number of hydrogen-bond donors (Lipinski definition) is 2. The molecule has 0 bridgehead atoms. The van der Waals surface area contributed by atoms with Gasteiger partial charge in [0.2, 0.25) is 5.91 Å². The molecular weight excluding hydrogens is 319 g/mol. The second-order valence-corrected chi connectivity index (χ2v) is 6.96. The highest BCUT2D eigenvalue weighted by Crippen LogP contribution is 2.30. The van der Waals surface area contributed by atoms with Crippen LogP contribution in [0.25, 0.3) is 0 Å². The van der Waals surface area contributed by atoms with Crippen molar-refractivity contribution in [1.82, 2.24) is 10.6 Å². The van der Waals surface area contributed by atoms with E-state index in [9.17, 15) is 14.0 Å². The van der Waals surface area contributed by atoms with Crippen LogP contribution in [-0.4, -0.2) is 29.5 Å². The fourth-order valence-corrected chi connectivity index (χ4v) is 3.10. The first-order valence-corrected chi connectivity index (χ1v) is 8.67. The third-order valence-electron chi connectivity index (χ3n) is 3.98. The second-order valence-electron chi connectivity index (χ2n) is 5.97. The van der Waals surface area contributed by atoms with E-state index in [0.29, 0.717) is 23.8 Å². The Labute approximate surface area is 138 Å². The number of benzene rings is 1. The van der Waals surface area contributed by atoms with Gasteiger partial charge < -0.3 is 15.4 Å². The Hall–Kier alpha value is -1.76. The molecule has 0 spiro atoms. The van der Waals surface area contributed by atoms with Gasteiger partial charge in [-0.3, -0.25) is 9.59 Å². The van der Waals surface area contributed by atoms with Gasteiger partial charge in [0.05, 0.1) is 12.6 Å². The molecular formula is C16H19FN2O3S. The monoisotopic (exact) mass is 338 g/mol. The van der Waals surface area contributed by atoms with Gasteiger partial charge in [0.25, 0.3) is 5.24 Å². The maximum atomic E-state index is 14.1. The first-order valence-electron chi connectivity index (χ1n) is 7.69. The number of ether oxygens (including phenoxy) is 1. The summed E-state index contributed by atoms with van der Waals surface area (Å²) in [6, 6.07) is 3.86. The molecule has 2 fully saturated rings. The molecule has 1 aromatic rings. The van der Waals surface area contributed by atoms with Crippen LogP contribution in [0.4, 0.5) is 9.18 Å². The summed E-state index contributed by atoms with van der Waals surface area (Å²) in [6.07, 6.45) is 2.30. The molecule has 3 rings (SSSR count). The smallest absolute Gasteiger partial charge is 0.279 e. The Morgan fingerprint density at radius 2 is 2.30 bits per heavy atom. The van der Waals surface area contributed by atoms with Gasteiger partial charge in [-0.1, -0.05) is 17.8 Å². The van der Waals surface area contributed by atoms with Crippen LogP contribution >= 0.6 is 11.8 Å². The van der Waals surface area contributed by atoms with Crippen molar-refractivity contribution in [3.63, 3.8) is 0 Å². The third kappa shape index (κ3) is 4.16. The zero-order chi connectivity index (χ0) is 16.4. The van der Waals surface area contributed by atoms with E-state index in [2.05, 4.69) is 10.6 Å². The molecule has 0 aromatic heterocycles. The number of rotatable bonds is 6. The third-order valence-corrected chi connectivity index (χ3v) is 4.86. The van der Waals surface area contributed by atoms with Gasteiger partial charge >= 0.3 is 0 Å². The Kier molecular flexibility index (Phi) is 4.75. The minimum absolute atomic E-state index is 0.194. The molecule has 1 aromatic carbocycles. The molecule has 2 N–H and O–H groups in total. The van der Waals surface area contributed by atoms with Crippen molar-refractivity contribution in [3.05, 3.63) is 29.6 Å². The highest BCUT2D eigenvalue weighted by molar-refractivity contribution is 8.14. The molecule has 23 heavy (non-hydrogen) atoms. The van der Waals surface area contributed by atoms with Crippen LogP contribution in [0.3, 0.4) is 0 Å². The van der Waals surface area contributed by atoms with Gasteiger partial charge in [0, 0.05) is 5.75 Å². The molecule has 1 heterocycles. The zero-order valence-corrected chi connectivity index (χ0v) is 13.6. The van der Waals surface area contributed by atoms with Crippen LogP contribution in [0, 0.1) is 11.7 Å². The molecule has 5 nitrogen and oxygen atoms in total. The summed E-state index contributed by atoms with van der Waals surface area (Å²) in [5.74, 6) is 0.546. The van der Waals surface area contributed by atoms with Gasteiger partial charge in [-0.2, -0.15) is 0 Å². The van der Waals surface area contributed by atoms with Crippen LogP contribution < -0.4 is 15.4 Å². The average Bonchev–Trinajstić information content (AvgIpc) is 3.25. The molecule has 0 unspecified atom stereocenters. The SMILES string of the molecule is C[C@H](NC(=O)[C@H]1CSC(=O)N1)c1ccc(OCC2CC2)c(F)c1. The Balaban J connectivity index is 1.57. The van der Waals surface area contributed by atoms with Gasteiger partial charge in [0.15, 0.2) is 11.6 Å². The first kappa shape index (κ1) is 16.1. The van der Waals surface area contributed by atoms with Crippen molar-refractivity contribution in [3.8, 4) is 5.75 Å². The van der Waals surface area contributed by atoms with Gasteiger partial charge in [-0.25, -0.2) is 4.39 Å². The second kappa shape index (κ2) is 6.78. The largest absolute Gasteiger partial charge is 0.490 e. The molecule has 7 heteroatoms. The molecule has 124 valence electrons. The number of halogens is 1. The Morgan fingerprint density at radius 1 is 1.52 bits per heavy atom. The Morgan fingerprint density at radius 3 is 2.91 bits per heavy atom. The minimum atomic E-state index is -0.527. The standard InChI is InChI=1S/C16H19FN2O3S/c1-9(18-15(20)13-8-23-16(21)19-13)11-4-5-14(12(17)6-11)22-7-10-2-3-10/h4-6,9-10,13H,2-3,7-8H2,1H3,(H,18,20)(H,19,21)/t9-,13+/m0/s1. The van der Waals surface area contributed by atoms with Crippen molar-refractivity contribution in [1.29, 1.82) is 0 Å². The number of carbonyl (C=O) groups is 2. The summed E-state index contributed by atoms with van der Waals surface area (Å²) >= 11 is 1.09. The van der Waals surface area contributed by atoms with E-state index < -0.39 is 11.9 Å². The van der Waals surface area contributed by atoms with Crippen molar-refractivity contribution >= 4 is 22.9 Å². The lowest BCUT2D eigenvalue weighted by atomic mass is 10.1. The molecule has 1 saturated heterocycles. The predicted octanol–water partition coefficient (Wildman–Crippen LogP) is 2.62. The quantitative estimate of drug-likeness (QED) is 0.837. The van der Waals surface area contributed by atoms with Crippen molar-refractivity contribution < 1.29 is 18.7 Å². The van der Waals surface area contributed by atoms with E-state index >= 15 is 0 Å². The number of nitrogens with one attached hydrogen (secondary N) is 2. The van der Waals surface area contributed by atoms with E-state index in [1.165, 1.54) is 6.07 Å².